The smallest absolute Gasteiger partial charge is 0.250 e. The van der Waals surface area contributed by atoms with Crippen molar-refractivity contribution in [2.75, 3.05) is 19.5 Å². The molecule has 0 heterocycles. The molecule has 0 spiro atoms. The maximum absolute atomic E-state index is 13.0. The number of carbonyl (C=O) groups excluding carboxylic acids is 2. The first kappa shape index (κ1) is 19.2. The highest BCUT2D eigenvalue weighted by Crippen LogP contribution is 2.33. The molecule has 0 saturated heterocycles. The molecule has 0 bridgehead atoms. The summed E-state index contributed by atoms with van der Waals surface area (Å²) in [6, 6.07) is 8.88. The summed E-state index contributed by atoms with van der Waals surface area (Å²) in [6.45, 7) is 1.86. The van der Waals surface area contributed by atoms with Crippen molar-refractivity contribution in [1.29, 1.82) is 0 Å². The van der Waals surface area contributed by atoms with E-state index < -0.39 is 5.91 Å². The molecule has 0 aromatic heterocycles. The van der Waals surface area contributed by atoms with Crippen LogP contribution in [-0.2, 0) is 4.79 Å². The molecule has 138 valence electrons. The molecule has 2 aromatic carbocycles. The number of halogens is 1. The lowest BCUT2D eigenvalue weighted by atomic mass is 9.97. The van der Waals surface area contributed by atoms with Gasteiger partial charge in [-0.05, 0) is 29.7 Å². The number of amides is 2. The topological polar surface area (TPSA) is 90.6 Å². The molecule has 2 amide bonds. The minimum atomic E-state index is -0.701. The van der Waals surface area contributed by atoms with E-state index in [0.29, 0.717) is 11.5 Å². The molecule has 0 aliphatic rings. The predicted octanol–water partition coefficient (Wildman–Crippen LogP) is 3.07. The number of carbonyl (C=O) groups is 2. The van der Waals surface area contributed by atoms with Crippen LogP contribution in [0, 0.1) is 5.82 Å². The Labute approximate surface area is 151 Å². The van der Waals surface area contributed by atoms with E-state index in [1.54, 1.807) is 12.1 Å². The molecule has 2 rings (SSSR count). The summed E-state index contributed by atoms with van der Waals surface area (Å²) in [5.74, 6) is -0.780. The van der Waals surface area contributed by atoms with Crippen molar-refractivity contribution in [3.05, 3.63) is 53.3 Å². The van der Waals surface area contributed by atoms with E-state index in [4.69, 9.17) is 15.2 Å². The fourth-order valence-electron chi connectivity index (χ4n) is 2.57. The van der Waals surface area contributed by atoms with Crippen LogP contribution in [0.2, 0.25) is 0 Å². The molecule has 26 heavy (non-hydrogen) atoms. The summed E-state index contributed by atoms with van der Waals surface area (Å²) >= 11 is 0. The van der Waals surface area contributed by atoms with Crippen LogP contribution in [0.1, 0.15) is 35.2 Å². The number of methoxy groups -OCH3 is 2. The van der Waals surface area contributed by atoms with E-state index >= 15 is 0 Å². The third-order valence-corrected chi connectivity index (χ3v) is 3.99. The van der Waals surface area contributed by atoms with E-state index in [-0.39, 0.29) is 35.3 Å². The first-order valence-electron chi connectivity index (χ1n) is 7.96. The molecule has 0 aliphatic heterocycles. The Bertz CT molecular complexity index is 806. The number of primary amides is 1. The molecule has 6 nitrogen and oxygen atoms in total. The number of benzene rings is 2. The van der Waals surface area contributed by atoms with Gasteiger partial charge in [0.2, 0.25) is 5.91 Å². The van der Waals surface area contributed by atoms with Crippen LogP contribution in [0.4, 0.5) is 10.1 Å². The zero-order chi connectivity index (χ0) is 19.3. The fourth-order valence-corrected chi connectivity index (χ4v) is 2.57. The third-order valence-electron chi connectivity index (χ3n) is 3.99. The summed E-state index contributed by atoms with van der Waals surface area (Å²) < 4.78 is 23.3. The summed E-state index contributed by atoms with van der Waals surface area (Å²) in [5.41, 5.74) is 6.59. The summed E-state index contributed by atoms with van der Waals surface area (Å²) in [5, 5.41) is 2.68. The molecule has 0 fully saturated rings. The average molecular weight is 360 g/mol. The van der Waals surface area contributed by atoms with E-state index in [1.165, 1.54) is 38.5 Å². The first-order valence-corrected chi connectivity index (χ1v) is 7.96. The normalized spacial score (nSPS) is 11.5. The molecule has 0 aliphatic carbocycles. The highest BCUT2D eigenvalue weighted by molar-refractivity contribution is 6.04. The van der Waals surface area contributed by atoms with Gasteiger partial charge in [0.25, 0.3) is 5.91 Å². The van der Waals surface area contributed by atoms with Crippen molar-refractivity contribution in [2.45, 2.75) is 19.3 Å². The van der Waals surface area contributed by atoms with Crippen molar-refractivity contribution >= 4 is 17.5 Å². The number of anilines is 1. The summed E-state index contributed by atoms with van der Waals surface area (Å²) in [4.78, 5) is 24.1. The van der Waals surface area contributed by atoms with Crippen molar-refractivity contribution in [1.82, 2.24) is 0 Å². The van der Waals surface area contributed by atoms with Gasteiger partial charge in [0.1, 0.15) is 5.82 Å². The predicted molar refractivity (Wildman–Crippen MR) is 96.1 cm³/mol. The number of hydrogen-bond donors (Lipinski definition) is 2. The number of rotatable bonds is 7. The van der Waals surface area contributed by atoms with Crippen LogP contribution in [0.15, 0.2) is 36.4 Å². The van der Waals surface area contributed by atoms with E-state index in [1.807, 2.05) is 6.92 Å². The lowest BCUT2D eigenvalue weighted by molar-refractivity contribution is -0.116. The monoisotopic (exact) mass is 360 g/mol. The Kier molecular flexibility index (Phi) is 6.16. The third kappa shape index (κ3) is 4.50. The minimum absolute atomic E-state index is 0.116. The lowest BCUT2D eigenvalue weighted by Crippen LogP contribution is -2.19. The Balaban J connectivity index is 2.19. The Morgan fingerprint density at radius 3 is 2.23 bits per heavy atom. The summed E-state index contributed by atoms with van der Waals surface area (Å²) in [6.07, 6.45) is 0.151. The molecule has 1 unspecified atom stereocenters. The number of hydrogen-bond acceptors (Lipinski definition) is 4. The van der Waals surface area contributed by atoms with Crippen molar-refractivity contribution in [3.8, 4) is 11.5 Å². The van der Waals surface area contributed by atoms with Gasteiger partial charge in [-0.3, -0.25) is 9.59 Å². The van der Waals surface area contributed by atoms with Gasteiger partial charge in [-0.15, -0.1) is 0 Å². The van der Waals surface area contributed by atoms with Crippen LogP contribution in [0.3, 0.4) is 0 Å². The van der Waals surface area contributed by atoms with Crippen molar-refractivity contribution < 1.29 is 23.5 Å². The maximum atomic E-state index is 13.0. The maximum Gasteiger partial charge on any atom is 0.250 e. The molecule has 3 N–H and O–H groups in total. The van der Waals surface area contributed by atoms with Gasteiger partial charge in [0.05, 0.1) is 25.5 Å². The van der Waals surface area contributed by atoms with Gasteiger partial charge < -0.3 is 20.5 Å². The number of nitrogens with two attached hydrogens (primary N) is 1. The molecule has 0 radical (unpaired) electrons. The second kappa shape index (κ2) is 8.33. The van der Waals surface area contributed by atoms with Crippen molar-refractivity contribution in [3.63, 3.8) is 0 Å². The fraction of sp³-hybridized carbons (Fsp3) is 0.263. The Morgan fingerprint density at radius 1 is 1.12 bits per heavy atom. The van der Waals surface area contributed by atoms with E-state index in [0.717, 1.165) is 5.56 Å². The molecular formula is C19H21FN2O4. The quantitative estimate of drug-likeness (QED) is 0.794. The highest BCUT2D eigenvalue weighted by atomic mass is 19.1. The van der Waals surface area contributed by atoms with Gasteiger partial charge in [0.15, 0.2) is 11.5 Å². The lowest BCUT2D eigenvalue weighted by Gasteiger charge is -2.16. The number of ether oxygens (including phenoxy) is 2. The highest BCUT2D eigenvalue weighted by Gasteiger charge is 2.18. The van der Waals surface area contributed by atoms with E-state index in [2.05, 4.69) is 5.32 Å². The van der Waals surface area contributed by atoms with E-state index in [9.17, 15) is 14.0 Å². The van der Waals surface area contributed by atoms with Crippen LogP contribution >= 0.6 is 0 Å². The second-order valence-corrected chi connectivity index (χ2v) is 5.82. The molecule has 2 aromatic rings. The Morgan fingerprint density at radius 2 is 1.69 bits per heavy atom. The van der Waals surface area contributed by atoms with Crippen LogP contribution < -0.4 is 20.5 Å². The molecule has 0 saturated carbocycles. The van der Waals surface area contributed by atoms with Crippen LogP contribution in [0.5, 0.6) is 11.5 Å². The van der Waals surface area contributed by atoms with Gasteiger partial charge in [0, 0.05) is 12.5 Å². The zero-order valence-electron chi connectivity index (χ0n) is 14.8. The molecular weight excluding hydrogens is 339 g/mol. The standard InChI is InChI=1S/C19H21FN2O4/c1-11(12-4-6-13(20)7-5-12)8-18(23)22-15-10-17(26-3)16(25-2)9-14(15)19(21)24/h4-7,9-11H,8H2,1-3H3,(H2,21,24)(H,22,23). The van der Waals surface area contributed by atoms with Crippen LogP contribution in [-0.4, -0.2) is 26.0 Å². The summed E-state index contributed by atoms with van der Waals surface area (Å²) in [7, 11) is 2.88. The van der Waals surface area contributed by atoms with Crippen molar-refractivity contribution in [2.24, 2.45) is 5.73 Å². The SMILES string of the molecule is COc1cc(NC(=O)CC(C)c2ccc(F)cc2)c(C(N)=O)cc1OC. The average Bonchev–Trinajstić information content (AvgIpc) is 2.61. The van der Waals surface area contributed by atoms with Crippen LogP contribution in [0.25, 0.3) is 0 Å². The molecule has 1 atom stereocenters. The largest absolute Gasteiger partial charge is 0.493 e. The van der Waals surface area contributed by atoms with Gasteiger partial charge >= 0.3 is 0 Å². The second-order valence-electron chi connectivity index (χ2n) is 5.82. The Hall–Kier alpha value is -3.09. The zero-order valence-corrected chi connectivity index (χ0v) is 14.8. The first-order chi connectivity index (χ1) is 12.3. The van der Waals surface area contributed by atoms with Gasteiger partial charge in [-0.1, -0.05) is 19.1 Å². The van der Waals surface area contributed by atoms with Gasteiger partial charge in [-0.25, -0.2) is 4.39 Å². The minimum Gasteiger partial charge on any atom is -0.493 e. The molecule has 7 heteroatoms. The van der Waals surface area contributed by atoms with Gasteiger partial charge in [-0.2, -0.15) is 0 Å². The number of nitrogens with one attached hydrogen (secondary N) is 1.